The first-order chi connectivity index (χ1) is 12.6. The molecule has 1 amide bonds. The van der Waals surface area contributed by atoms with E-state index in [1.807, 2.05) is 4.90 Å². The number of anilines is 3. The molecule has 1 saturated heterocycles. The van der Waals surface area contributed by atoms with E-state index in [0.29, 0.717) is 60.3 Å². The highest BCUT2D eigenvalue weighted by Crippen LogP contribution is 2.26. The van der Waals surface area contributed by atoms with Crippen LogP contribution >= 0.6 is 23.2 Å². The number of nitrogens with zero attached hydrogens (tertiary/aromatic N) is 5. The standard InChI is InChI=1S/C16H18Cl2N6O2/c1-2-26-16(25)24-7-5-23(6-8-24)14-10-19-22-15(21-14)20-11-3-4-12(17)13(18)9-11/h3-4,9-10H,2,5-8H2,1H3,(H,20,21,22). The zero-order valence-electron chi connectivity index (χ0n) is 14.2. The van der Waals surface area contributed by atoms with Crippen molar-refractivity contribution in [3.05, 3.63) is 34.4 Å². The highest BCUT2D eigenvalue weighted by Gasteiger charge is 2.23. The highest BCUT2D eigenvalue weighted by molar-refractivity contribution is 6.42. The summed E-state index contributed by atoms with van der Waals surface area (Å²) >= 11 is 11.9. The third-order valence-corrected chi connectivity index (χ3v) is 4.59. The van der Waals surface area contributed by atoms with Crippen molar-refractivity contribution in [2.45, 2.75) is 6.92 Å². The second-order valence-corrected chi connectivity index (χ2v) is 6.38. The van der Waals surface area contributed by atoms with E-state index in [2.05, 4.69) is 20.5 Å². The zero-order chi connectivity index (χ0) is 18.5. The Hall–Kier alpha value is -2.32. The van der Waals surface area contributed by atoms with E-state index in [1.165, 1.54) is 0 Å². The monoisotopic (exact) mass is 396 g/mol. The first kappa shape index (κ1) is 18.5. The molecule has 10 heteroatoms. The lowest BCUT2D eigenvalue weighted by atomic mass is 10.3. The summed E-state index contributed by atoms with van der Waals surface area (Å²) < 4.78 is 5.03. The highest BCUT2D eigenvalue weighted by atomic mass is 35.5. The molecule has 3 rings (SSSR count). The Morgan fingerprint density at radius 1 is 1.23 bits per heavy atom. The lowest BCUT2D eigenvalue weighted by molar-refractivity contribution is 0.105. The van der Waals surface area contributed by atoms with Crippen LogP contribution in [0.5, 0.6) is 0 Å². The number of hydrogen-bond donors (Lipinski definition) is 1. The molecule has 1 N–H and O–H groups in total. The Morgan fingerprint density at radius 2 is 2.00 bits per heavy atom. The maximum absolute atomic E-state index is 11.8. The van der Waals surface area contributed by atoms with Gasteiger partial charge in [-0.05, 0) is 25.1 Å². The molecule has 8 nitrogen and oxygen atoms in total. The minimum atomic E-state index is -0.282. The smallest absolute Gasteiger partial charge is 0.409 e. The summed E-state index contributed by atoms with van der Waals surface area (Å²) in [4.78, 5) is 20.0. The fourth-order valence-corrected chi connectivity index (χ4v) is 2.83. The van der Waals surface area contributed by atoms with Crippen molar-refractivity contribution in [2.24, 2.45) is 0 Å². The summed E-state index contributed by atoms with van der Waals surface area (Å²) in [5, 5.41) is 12.0. The van der Waals surface area contributed by atoms with Crippen molar-refractivity contribution in [1.82, 2.24) is 20.1 Å². The molecule has 0 spiro atoms. The van der Waals surface area contributed by atoms with Crippen LogP contribution in [0.15, 0.2) is 24.4 Å². The first-order valence-electron chi connectivity index (χ1n) is 8.15. The summed E-state index contributed by atoms with van der Waals surface area (Å²) in [5.74, 6) is 1.04. The number of carbonyl (C=O) groups is 1. The quantitative estimate of drug-likeness (QED) is 0.848. The van der Waals surface area contributed by atoms with E-state index in [-0.39, 0.29) is 6.09 Å². The van der Waals surface area contributed by atoms with E-state index < -0.39 is 0 Å². The number of benzene rings is 1. The Bertz CT molecular complexity index is 783. The van der Waals surface area contributed by atoms with Crippen molar-refractivity contribution in [1.29, 1.82) is 0 Å². The molecule has 26 heavy (non-hydrogen) atoms. The molecule has 2 heterocycles. The average Bonchev–Trinajstić information content (AvgIpc) is 2.65. The van der Waals surface area contributed by atoms with Crippen molar-refractivity contribution in [3.63, 3.8) is 0 Å². The molecule has 0 unspecified atom stereocenters. The van der Waals surface area contributed by atoms with Gasteiger partial charge in [0.05, 0.1) is 22.8 Å². The largest absolute Gasteiger partial charge is 0.450 e. The molecule has 0 saturated carbocycles. The fraction of sp³-hybridized carbons (Fsp3) is 0.375. The minimum absolute atomic E-state index is 0.282. The summed E-state index contributed by atoms with van der Waals surface area (Å²) in [6, 6.07) is 5.17. The van der Waals surface area contributed by atoms with E-state index in [1.54, 1.807) is 36.2 Å². The fourth-order valence-electron chi connectivity index (χ4n) is 2.54. The summed E-state index contributed by atoms with van der Waals surface area (Å²) in [6.07, 6.45) is 1.31. The van der Waals surface area contributed by atoms with Crippen molar-refractivity contribution < 1.29 is 9.53 Å². The van der Waals surface area contributed by atoms with Gasteiger partial charge in [0.2, 0.25) is 5.95 Å². The van der Waals surface area contributed by atoms with E-state index in [4.69, 9.17) is 27.9 Å². The van der Waals surface area contributed by atoms with Crippen LogP contribution in [0.4, 0.5) is 22.2 Å². The van der Waals surface area contributed by atoms with Crippen LogP contribution in [0.25, 0.3) is 0 Å². The topological polar surface area (TPSA) is 83.5 Å². The molecule has 0 aliphatic carbocycles. The molecule has 138 valence electrons. The van der Waals surface area contributed by atoms with Gasteiger partial charge in [0.1, 0.15) is 0 Å². The maximum Gasteiger partial charge on any atom is 0.409 e. The molecular weight excluding hydrogens is 379 g/mol. The molecule has 2 aromatic rings. The molecule has 0 atom stereocenters. The molecule has 1 aliphatic rings. The third kappa shape index (κ3) is 4.44. The molecule has 1 aromatic carbocycles. The molecule has 1 aliphatic heterocycles. The Kier molecular flexibility index (Phi) is 5.95. The average molecular weight is 397 g/mol. The summed E-state index contributed by atoms with van der Waals surface area (Å²) in [7, 11) is 0. The Morgan fingerprint density at radius 3 is 2.69 bits per heavy atom. The van der Waals surface area contributed by atoms with Gasteiger partial charge in [-0.1, -0.05) is 23.2 Å². The van der Waals surface area contributed by atoms with Gasteiger partial charge in [-0.3, -0.25) is 0 Å². The van der Waals surface area contributed by atoms with E-state index >= 15 is 0 Å². The number of hydrogen-bond acceptors (Lipinski definition) is 7. The summed E-state index contributed by atoms with van der Waals surface area (Å²) in [6.45, 7) is 4.59. The van der Waals surface area contributed by atoms with Crippen LogP contribution < -0.4 is 10.2 Å². The van der Waals surface area contributed by atoms with Gasteiger partial charge in [0.25, 0.3) is 0 Å². The zero-order valence-corrected chi connectivity index (χ0v) is 15.7. The molecular formula is C16H18Cl2N6O2. The van der Waals surface area contributed by atoms with Crippen LogP contribution in [0.2, 0.25) is 10.0 Å². The second kappa shape index (κ2) is 8.37. The number of carbonyl (C=O) groups excluding carboxylic acids is 1. The van der Waals surface area contributed by atoms with Gasteiger partial charge >= 0.3 is 6.09 Å². The van der Waals surface area contributed by atoms with Crippen LogP contribution in [0.3, 0.4) is 0 Å². The second-order valence-electron chi connectivity index (χ2n) is 5.57. The third-order valence-electron chi connectivity index (χ3n) is 3.85. The van der Waals surface area contributed by atoms with Crippen LogP contribution in [-0.2, 0) is 4.74 Å². The van der Waals surface area contributed by atoms with Crippen molar-refractivity contribution >= 4 is 46.7 Å². The molecule has 1 aromatic heterocycles. The molecule has 0 bridgehead atoms. The number of aromatic nitrogens is 3. The molecule has 0 radical (unpaired) electrons. The van der Waals surface area contributed by atoms with E-state index in [9.17, 15) is 4.79 Å². The maximum atomic E-state index is 11.8. The van der Waals surface area contributed by atoms with Gasteiger partial charge in [0, 0.05) is 31.9 Å². The van der Waals surface area contributed by atoms with E-state index in [0.717, 1.165) is 0 Å². The van der Waals surface area contributed by atoms with Gasteiger partial charge in [-0.15, -0.1) is 5.10 Å². The molecule has 1 fully saturated rings. The first-order valence-corrected chi connectivity index (χ1v) is 8.91. The number of halogens is 2. The van der Waals surface area contributed by atoms with Crippen LogP contribution in [0.1, 0.15) is 6.92 Å². The number of ether oxygens (including phenoxy) is 1. The SMILES string of the molecule is CCOC(=O)N1CCN(c2cnnc(Nc3ccc(Cl)c(Cl)c3)n2)CC1. The van der Waals surface area contributed by atoms with Gasteiger partial charge < -0.3 is 19.9 Å². The Labute approximate surface area is 161 Å². The van der Waals surface area contributed by atoms with Gasteiger partial charge in [0.15, 0.2) is 5.82 Å². The van der Waals surface area contributed by atoms with Crippen molar-refractivity contribution in [3.8, 4) is 0 Å². The number of nitrogens with one attached hydrogen (secondary N) is 1. The number of rotatable bonds is 4. The number of amides is 1. The number of piperazine rings is 1. The van der Waals surface area contributed by atoms with Crippen molar-refractivity contribution in [2.75, 3.05) is 43.0 Å². The van der Waals surface area contributed by atoms with Gasteiger partial charge in [-0.25, -0.2) is 4.79 Å². The normalized spacial score (nSPS) is 14.3. The summed E-state index contributed by atoms with van der Waals surface area (Å²) in [5.41, 5.74) is 0.713. The predicted octanol–water partition coefficient (Wildman–Crippen LogP) is 3.20. The van der Waals surface area contributed by atoms with Crippen LogP contribution in [-0.4, -0.2) is 59.0 Å². The Balaban J connectivity index is 1.64. The van der Waals surface area contributed by atoms with Gasteiger partial charge in [-0.2, -0.15) is 10.1 Å². The lowest BCUT2D eigenvalue weighted by Gasteiger charge is -2.34. The van der Waals surface area contributed by atoms with Crippen LogP contribution in [0, 0.1) is 0 Å². The predicted molar refractivity (Wildman–Crippen MR) is 100 cm³/mol. The lowest BCUT2D eigenvalue weighted by Crippen LogP contribution is -2.49. The minimum Gasteiger partial charge on any atom is -0.450 e.